The Kier molecular flexibility index (Phi) is 10.2. The summed E-state index contributed by atoms with van der Waals surface area (Å²) in [5.41, 5.74) is 10.0. The third-order valence-electron chi connectivity index (χ3n) is 7.78. The summed E-state index contributed by atoms with van der Waals surface area (Å²) >= 11 is 0. The lowest BCUT2D eigenvalue weighted by molar-refractivity contribution is 0.660. The minimum Gasteiger partial charge on any atom is -0.253 e. The van der Waals surface area contributed by atoms with E-state index in [0.29, 0.717) is 0 Å². The van der Waals surface area contributed by atoms with Gasteiger partial charge in [-0.3, -0.25) is 4.98 Å². The lowest BCUT2D eigenvalue weighted by Crippen LogP contribution is -2.14. The maximum Gasteiger partial charge on any atom is 0.163 e. The van der Waals surface area contributed by atoms with Crippen LogP contribution in [-0.4, -0.2) is 19.9 Å². The maximum atomic E-state index is 4.84. The van der Waals surface area contributed by atoms with Gasteiger partial charge in [-0.15, -0.1) is 0 Å². The highest BCUT2D eigenvalue weighted by Gasteiger charge is 2.35. The molecule has 0 N–H and O–H groups in total. The predicted molar refractivity (Wildman–Crippen MR) is 178 cm³/mol. The van der Waals surface area contributed by atoms with E-state index < -0.39 is 0 Å². The number of benzene rings is 3. The number of fused-ring (bicyclic) bond motifs is 4. The highest BCUT2D eigenvalue weighted by Crippen LogP contribution is 2.49. The van der Waals surface area contributed by atoms with Crippen LogP contribution in [0.5, 0.6) is 0 Å². The van der Waals surface area contributed by atoms with Crippen molar-refractivity contribution in [2.24, 2.45) is 0 Å². The first-order chi connectivity index (χ1) is 20.3. The molecule has 218 valence electrons. The standard InChI is InChI=1S/C26H31N3.C10H9N.C2H6/c1-6-8-10-24-27-23(9-7-2)28-25(29-24)18-12-14-22-20(16-18)19-15-17(3)11-13-21(19)26(22,4)5;1-8-6-7-9-4-2-3-5-10(9)11-8;1-2/h11-16H,6-10H2,1-5H3;2-7H,1H3;1-2H3. The lowest BCUT2D eigenvalue weighted by atomic mass is 9.82. The summed E-state index contributed by atoms with van der Waals surface area (Å²) in [6.07, 6.45) is 5.12. The highest BCUT2D eigenvalue weighted by atomic mass is 15.0. The molecule has 3 aromatic carbocycles. The Labute approximate surface area is 252 Å². The van der Waals surface area contributed by atoms with Gasteiger partial charge >= 0.3 is 0 Å². The van der Waals surface area contributed by atoms with Crippen LogP contribution in [0.15, 0.2) is 72.8 Å². The largest absolute Gasteiger partial charge is 0.253 e. The van der Waals surface area contributed by atoms with Crippen LogP contribution in [0.4, 0.5) is 0 Å². The van der Waals surface area contributed by atoms with Crippen LogP contribution in [0.3, 0.4) is 0 Å². The lowest BCUT2D eigenvalue weighted by Gasteiger charge is -2.21. The van der Waals surface area contributed by atoms with Crippen LogP contribution >= 0.6 is 0 Å². The number of hydrogen-bond donors (Lipinski definition) is 0. The molecule has 0 fully saturated rings. The zero-order valence-electron chi connectivity index (χ0n) is 26.8. The maximum absolute atomic E-state index is 4.84. The number of pyridine rings is 1. The molecule has 6 rings (SSSR count). The Morgan fingerprint density at radius 3 is 2.02 bits per heavy atom. The van der Waals surface area contributed by atoms with Crippen molar-refractivity contribution < 1.29 is 0 Å². The van der Waals surface area contributed by atoms with Gasteiger partial charge in [-0.25, -0.2) is 15.0 Å². The average molecular weight is 559 g/mol. The first-order valence-corrected chi connectivity index (χ1v) is 15.6. The predicted octanol–water partition coefficient (Wildman–Crippen LogP) is 10.0. The van der Waals surface area contributed by atoms with E-state index in [0.717, 1.165) is 66.4 Å². The number of aryl methyl sites for hydroxylation is 4. The number of para-hydroxylation sites is 1. The molecule has 5 aromatic rings. The Balaban J connectivity index is 0.000000259. The van der Waals surface area contributed by atoms with Gasteiger partial charge < -0.3 is 0 Å². The number of rotatable bonds is 6. The molecule has 0 saturated heterocycles. The molecule has 1 aliphatic rings. The molecule has 2 aromatic heterocycles. The molecule has 0 aliphatic heterocycles. The summed E-state index contributed by atoms with van der Waals surface area (Å²) in [5.74, 6) is 2.66. The summed E-state index contributed by atoms with van der Waals surface area (Å²) in [6, 6.07) is 25.8. The van der Waals surface area contributed by atoms with Gasteiger partial charge in [-0.2, -0.15) is 0 Å². The molecule has 0 amide bonds. The Hall–Kier alpha value is -3.92. The first kappa shape index (κ1) is 31.0. The number of aromatic nitrogens is 4. The fourth-order valence-corrected chi connectivity index (χ4v) is 5.57. The molecular formula is C38H46N4. The first-order valence-electron chi connectivity index (χ1n) is 15.6. The molecule has 0 radical (unpaired) electrons. The van der Waals surface area contributed by atoms with Crippen molar-refractivity contribution in [2.45, 2.75) is 92.9 Å². The van der Waals surface area contributed by atoms with Gasteiger partial charge in [0.25, 0.3) is 0 Å². The summed E-state index contributed by atoms with van der Waals surface area (Å²) < 4.78 is 0. The molecule has 1 aliphatic carbocycles. The number of hydrogen-bond acceptors (Lipinski definition) is 4. The molecule has 0 unspecified atom stereocenters. The van der Waals surface area contributed by atoms with Crippen molar-refractivity contribution in [3.05, 3.63) is 107 Å². The van der Waals surface area contributed by atoms with E-state index in [-0.39, 0.29) is 5.41 Å². The average Bonchev–Trinajstić information content (AvgIpc) is 3.22. The molecule has 4 nitrogen and oxygen atoms in total. The van der Waals surface area contributed by atoms with Gasteiger partial charge in [-0.05, 0) is 67.1 Å². The van der Waals surface area contributed by atoms with Crippen LogP contribution in [0.1, 0.15) is 94.8 Å². The molecule has 0 atom stereocenters. The van der Waals surface area contributed by atoms with E-state index in [2.05, 4.69) is 88.1 Å². The fourth-order valence-electron chi connectivity index (χ4n) is 5.57. The quantitative estimate of drug-likeness (QED) is 0.208. The second kappa shape index (κ2) is 13.8. The van der Waals surface area contributed by atoms with Crippen molar-refractivity contribution in [1.82, 2.24) is 19.9 Å². The van der Waals surface area contributed by atoms with Gasteiger partial charge in [0.2, 0.25) is 0 Å². The van der Waals surface area contributed by atoms with Crippen LogP contribution in [0, 0.1) is 13.8 Å². The van der Waals surface area contributed by atoms with Gasteiger partial charge in [0.05, 0.1) is 5.52 Å². The van der Waals surface area contributed by atoms with E-state index in [1.165, 1.54) is 33.2 Å². The molecule has 4 heteroatoms. The normalized spacial score (nSPS) is 12.5. The molecule has 0 saturated carbocycles. The summed E-state index contributed by atoms with van der Waals surface area (Å²) in [7, 11) is 0. The van der Waals surface area contributed by atoms with Crippen molar-refractivity contribution >= 4 is 10.9 Å². The monoisotopic (exact) mass is 558 g/mol. The van der Waals surface area contributed by atoms with Crippen LogP contribution in [0.25, 0.3) is 33.4 Å². The third kappa shape index (κ3) is 6.75. The van der Waals surface area contributed by atoms with Crippen molar-refractivity contribution in [2.75, 3.05) is 0 Å². The number of unbranched alkanes of at least 4 members (excludes halogenated alkanes) is 1. The van der Waals surface area contributed by atoms with Gasteiger partial charge in [0.1, 0.15) is 11.6 Å². The summed E-state index contributed by atoms with van der Waals surface area (Å²) in [5, 5.41) is 1.21. The minimum atomic E-state index is 0.0235. The van der Waals surface area contributed by atoms with E-state index in [1.54, 1.807) is 0 Å². The molecular weight excluding hydrogens is 512 g/mol. The van der Waals surface area contributed by atoms with Crippen molar-refractivity contribution in [1.29, 1.82) is 0 Å². The van der Waals surface area contributed by atoms with E-state index in [4.69, 9.17) is 15.0 Å². The zero-order valence-corrected chi connectivity index (χ0v) is 26.8. The summed E-state index contributed by atoms with van der Waals surface area (Å²) in [6.45, 7) is 17.2. The van der Waals surface area contributed by atoms with Crippen LogP contribution in [0.2, 0.25) is 0 Å². The Bertz CT molecular complexity index is 1650. The molecule has 0 spiro atoms. The van der Waals surface area contributed by atoms with E-state index in [1.807, 2.05) is 45.0 Å². The van der Waals surface area contributed by atoms with Crippen molar-refractivity contribution in [3.63, 3.8) is 0 Å². The van der Waals surface area contributed by atoms with E-state index >= 15 is 0 Å². The van der Waals surface area contributed by atoms with Crippen LogP contribution < -0.4 is 0 Å². The fraction of sp³-hybridized carbons (Fsp3) is 0.368. The van der Waals surface area contributed by atoms with E-state index in [9.17, 15) is 0 Å². The molecule has 0 bridgehead atoms. The second-order valence-electron chi connectivity index (χ2n) is 11.4. The number of nitrogens with zero attached hydrogens (tertiary/aromatic N) is 4. The SMILES string of the molecule is CC.CCCCc1nc(CCC)nc(-c2ccc3c(c2)-c2cc(C)ccc2C3(C)C)n1.Cc1ccc2ccccc2n1. The topological polar surface area (TPSA) is 51.6 Å². The smallest absolute Gasteiger partial charge is 0.163 e. The molecule has 42 heavy (non-hydrogen) atoms. The van der Waals surface area contributed by atoms with Gasteiger partial charge in [-0.1, -0.05) is 108 Å². The molecule has 2 heterocycles. The summed E-state index contributed by atoms with van der Waals surface area (Å²) in [4.78, 5) is 18.7. The minimum absolute atomic E-state index is 0.0235. The van der Waals surface area contributed by atoms with Crippen molar-refractivity contribution in [3.8, 4) is 22.5 Å². The zero-order chi connectivity index (χ0) is 30.3. The Morgan fingerprint density at radius 1 is 0.643 bits per heavy atom. The second-order valence-corrected chi connectivity index (χ2v) is 11.4. The van der Waals surface area contributed by atoms with Crippen LogP contribution in [-0.2, 0) is 18.3 Å². The Morgan fingerprint density at radius 2 is 1.31 bits per heavy atom. The highest BCUT2D eigenvalue weighted by molar-refractivity contribution is 5.84. The van der Waals surface area contributed by atoms with Gasteiger partial charge in [0, 0.05) is 34.9 Å². The van der Waals surface area contributed by atoms with Gasteiger partial charge in [0.15, 0.2) is 5.82 Å². The third-order valence-corrected chi connectivity index (χ3v) is 7.78.